The van der Waals surface area contributed by atoms with Gasteiger partial charge in [0, 0.05) is 32.4 Å². The zero-order chi connectivity index (χ0) is 8.32. The summed E-state index contributed by atoms with van der Waals surface area (Å²) in [5.41, 5.74) is 0. The second-order valence-electron chi connectivity index (χ2n) is 2.92. The second kappa shape index (κ2) is 3.51. The predicted molar refractivity (Wildman–Crippen MR) is 44.2 cm³/mol. The molecule has 11 heavy (non-hydrogen) atoms. The molecule has 0 amide bonds. The van der Waals surface area contributed by atoms with Gasteiger partial charge in [-0.15, -0.1) is 0 Å². The molecule has 66 valence electrons. The molecule has 0 aromatic carbocycles. The lowest BCUT2D eigenvalue weighted by atomic mass is 10.4. The monoisotopic (exact) mass is 178 g/mol. The molecule has 0 spiro atoms. The summed E-state index contributed by atoms with van der Waals surface area (Å²) < 4.78 is 21.7. The normalized spacial score (nSPS) is 21.9. The maximum absolute atomic E-state index is 10.8. The minimum atomic E-state index is -2.83. The van der Waals surface area contributed by atoms with Gasteiger partial charge in [-0.2, -0.15) is 0 Å². The molecule has 5 heteroatoms. The van der Waals surface area contributed by atoms with Gasteiger partial charge in [0.2, 0.25) is 0 Å². The summed E-state index contributed by atoms with van der Waals surface area (Å²) in [6.07, 6.45) is 1.27. The van der Waals surface area contributed by atoms with Crippen LogP contribution in [0.5, 0.6) is 0 Å². The van der Waals surface area contributed by atoms with E-state index >= 15 is 0 Å². The standard InChI is InChI=1S/C6H14N2O2S/c1-11(9,10)6-8-4-2-7-3-5-8/h7H,2-6H2,1H3. The molecule has 0 aromatic rings. The molecule has 0 radical (unpaired) electrons. The van der Waals surface area contributed by atoms with Crippen LogP contribution >= 0.6 is 0 Å². The molecule has 0 aliphatic carbocycles. The van der Waals surface area contributed by atoms with Crippen molar-refractivity contribution < 1.29 is 8.42 Å². The molecule has 1 heterocycles. The fourth-order valence-corrected chi connectivity index (χ4v) is 2.09. The Morgan fingerprint density at radius 2 is 1.91 bits per heavy atom. The molecule has 1 fully saturated rings. The van der Waals surface area contributed by atoms with Gasteiger partial charge in [0.05, 0.1) is 0 Å². The number of rotatable bonds is 2. The van der Waals surface area contributed by atoms with Crippen molar-refractivity contribution in [1.29, 1.82) is 0 Å². The highest BCUT2D eigenvalue weighted by atomic mass is 32.2. The third kappa shape index (κ3) is 3.69. The van der Waals surface area contributed by atoms with Gasteiger partial charge in [-0.1, -0.05) is 0 Å². The highest BCUT2D eigenvalue weighted by molar-refractivity contribution is 7.90. The van der Waals surface area contributed by atoms with E-state index in [9.17, 15) is 8.42 Å². The first-order chi connectivity index (χ1) is 5.08. The Morgan fingerprint density at radius 1 is 1.36 bits per heavy atom. The first-order valence-corrected chi connectivity index (χ1v) is 5.75. The minimum absolute atomic E-state index is 0.203. The highest BCUT2D eigenvalue weighted by Gasteiger charge is 2.13. The van der Waals surface area contributed by atoms with E-state index in [1.165, 1.54) is 6.26 Å². The molecule has 1 saturated heterocycles. The quantitative estimate of drug-likeness (QED) is 0.583. The van der Waals surface area contributed by atoms with Crippen molar-refractivity contribution >= 4 is 9.84 Å². The van der Waals surface area contributed by atoms with Gasteiger partial charge < -0.3 is 5.32 Å². The summed E-state index contributed by atoms with van der Waals surface area (Å²) in [6.45, 7) is 3.48. The van der Waals surface area contributed by atoms with Gasteiger partial charge in [-0.05, 0) is 0 Å². The molecule has 4 nitrogen and oxygen atoms in total. The van der Waals surface area contributed by atoms with E-state index in [4.69, 9.17) is 0 Å². The van der Waals surface area contributed by atoms with Crippen molar-refractivity contribution in [1.82, 2.24) is 10.2 Å². The Bertz CT molecular complexity index is 207. The largest absolute Gasteiger partial charge is 0.314 e. The van der Waals surface area contributed by atoms with E-state index in [-0.39, 0.29) is 5.88 Å². The molecule has 1 rings (SSSR count). The first kappa shape index (κ1) is 8.96. The smallest absolute Gasteiger partial charge is 0.160 e. The van der Waals surface area contributed by atoms with Crippen LogP contribution in [0.15, 0.2) is 0 Å². The summed E-state index contributed by atoms with van der Waals surface area (Å²) in [6, 6.07) is 0. The summed E-state index contributed by atoms with van der Waals surface area (Å²) in [7, 11) is -2.83. The van der Waals surface area contributed by atoms with Gasteiger partial charge in [-0.25, -0.2) is 8.42 Å². The Labute approximate surface area is 67.5 Å². The molecule has 0 bridgehead atoms. The van der Waals surface area contributed by atoms with Crippen LogP contribution in [0.2, 0.25) is 0 Å². The Balaban J connectivity index is 2.36. The van der Waals surface area contributed by atoms with Gasteiger partial charge in [0.1, 0.15) is 5.88 Å². The van der Waals surface area contributed by atoms with Crippen LogP contribution in [0.25, 0.3) is 0 Å². The topological polar surface area (TPSA) is 49.4 Å². The second-order valence-corrected chi connectivity index (χ2v) is 5.03. The average Bonchev–Trinajstić information content (AvgIpc) is 1.85. The van der Waals surface area contributed by atoms with Crippen molar-refractivity contribution in [2.24, 2.45) is 0 Å². The molecular formula is C6H14N2O2S. The molecule has 0 unspecified atom stereocenters. The van der Waals surface area contributed by atoms with Crippen molar-refractivity contribution in [2.75, 3.05) is 38.3 Å². The molecule has 1 N–H and O–H groups in total. The van der Waals surface area contributed by atoms with Crippen molar-refractivity contribution in [3.63, 3.8) is 0 Å². The predicted octanol–water partition coefficient (Wildman–Crippen LogP) is -1.11. The van der Waals surface area contributed by atoms with E-state index < -0.39 is 9.84 Å². The lowest BCUT2D eigenvalue weighted by Crippen LogP contribution is -2.45. The summed E-state index contributed by atoms with van der Waals surface area (Å²) in [5, 5.41) is 3.16. The van der Waals surface area contributed by atoms with Gasteiger partial charge in [-0.3, -0.25) is 4.90 Å². The van der Waals surface area contributed by atoms with E-state index in [0.29, 0.717) is 0 Å². The first-order valence-electron chi connectivity index (χ1n) is 3.69. The van der Waals surface area contributed by atoms with E-state index in [2.05, 4.69) is 5.32 Å². The molecule has 0 aromatic heterocycles. The molecule has 0 saturated carbocycles. The van der Waals surface area contributed by atoms with E-state index in [1.807, 2.05) is 4.90 Å². The van der Waals surface area contributed by atoms with Crippen LogP contribution in [-0.2, 0) is 9.84 Å². The van der Waals surface area contributed by atoms with E-state index in [1.54, 1.807) is 0 Å². The SMILES string of the molecule is CS(=O)(=O)CN1CCNCC1. The van der Waals surface area contributed by atoms with Crippen LogP contribution < -0.4 is 5.32 Å². The minimum Gasteiger partial charge on any atom is -0.314 e. The maximum atomic E-state index is 10.8. The Morgan fingerprint density at radius 3 is 2.36 bits per heavy atom. The number of hydrogen-bond acceptors (Lipinski definition) is 4. The van der Waals surface area contributed by atoms with Crippen LogP contribution in [0.1, 0.15) is 0 Å². The van der Waals surface area contributed by atoms with Crippen LogP contribution in [0.3, 0.4) is 0 Å². The fourth-order valence-electron chi connectivity index (χ4n) is 1.17. The fraction of sp³-hybridized carbons (Fsp3) is 1.00. The van der Waals surface area contributed by atoms with Crippen molar-refractivity contribution in [2.45, 2.75) is 0 Å². The summed E-state index contributed by atoms with van der Waals surface area (Å²) >= 11 is 0. The number of nitrogens with zero attached hydrogens (tertiary/aromatic N) is 1. The molecular weight excluding hydrogens is 164 g/mol. The zero-order valence-corrected chi connectivity index (χ0v) is 7.52. The third-order valence-electron chi connectivity index (χ3n) is 1.63. The molecule has 0 atom stereocenters. The number of piperazine rings is 1. The third-order valence-corrected chi connectivity index (χ3v) is 2.46. The van der Waals surface area contributed by atoms with Gasteiger partial charge >= 0.3 is 0 Å². The number of nitrogens with one attached hydrogen (secondary N) is 1. The highest BCUT2D eigenvalue weighted by Crippen LogP contribution is 1.95. The lowest BCUT2D eigenvalue weighted by Gasteiger charge is -2.25. The summed E-state index contributed by atoms with van der Waals surface area (Å²) in [4.78, 5) is 1.95. The number of hydrogen-bond donors (Lipinski definition) is 1. The van der Waals surface area contributed by atoms with Gasteiger partial charge in [0.25, 0.3) is 0 Å². The van der Waals surface area contributed by atoms with Crippen molar-refractivity contribution in [3.05, 3.63) is 0 Å². The summed E-state index contributed by atoms with van der Waals surface area (Å²) in [5.74, 6) is 0.203. The zero-order valence-electron chi connectivity index (χ0n) is 6.71. The maximum Gasteiger partial charge on any atom is 0.160 e. The lowest BCUT2D eigenvalue weighted by molar-refractivity contribution is 0.275. The van der Waals surface area contributed by atoms with Crippen LogP contribution in [-0.4, -0.2) is 51.6 Å². The van der Waals surface area contributed by atoms with Crippen LogP contribution in [0, 0.1) is 0 Å². The van der Waals surface area contributed by atoms with Crippen LogP contribution in [0.4, 0.5) is 0 Å². The molecule has 1 aliphatic heterocycles. The number of sulfone groups is 1. The Hall–Kier alpha value is -0.130. The van der Waals surface area contributed by atoms with E-state index in [0.717, 1.165) is 26.2 Å². The Kier molecular flexibility index (Phi) is 2.86. The average molecular weight is 178 g/mol. The molecule has 1 aliphatic rings. The van der Waals surface area contributed by atoms with Crippen molar-refractivity contribution in [3.8, 4) is 0 Å². The van der Waals surface area contributed by atoms with Gasteiger partial charge in [0.15, 0.2) is 9.84 Å².